The van der Waals surface area contributed by atoms with Crippen molar-refractivity contribution in [3.05, 3.63) is 83.9 Å². The van der Waals surface area contributed by atoms with Gasteiger partial charge in [0, 0.05) is 12.6 Å². The lowest BCUT2D eigenvalue weighted by Gasteiger charge is -2.20. The van der Waals surface area contributed by atoms with Crippen molar-refractivity contribution in [2.75, 3.05) is 23.8 Å². The van der Waals surface area contributed by atoms with E-state index in [0.717, 1.165) is 5.56 Å². The summed E-state index contributed by atoms with van der Waals surface area (Å²) in [6.07, 6.45) is 0. The molecule has 0 fully saturated rings. The summed E-state index contributed by atoms with van der Waals surface area (Å²) in [4.78, 5) is 12.7. The molecule has 0 spiro atoms. The van der Waals surface area contributed by atoms with Crippen molar-refractivity contribution in [1.82, 2.24) is 0 Å². The molecule has 0 heterocycles. The lowest BCUT2D eigenvalue weighted by molar-refractivity contribution is 0.102. The summed E-state index contributed by atoms with van der Waals surface area (Å²) >= 11 is 0. The van der Waals surface area contributed by atoms with Crippen LogP contribution in [0.3, 0.4) is 0 Å². The van der Waals surface area contributed by atoms with Gasteiger partial charge < -0.3 is 10.1 Å². The molecule has 0 aliphatic carbocycles. The van der Waals surface area contributed by atoms with Crippen molar-refractivity contribution < 1.29 is 17.9 Å². The van der Waals surface area contributed by atoms with E-state index in [1.807, 2.05) is 13.0 Å². The maximum absolute atomic E-state index is 13.1. The summed E-state index contributed by atoms with van der Waals surface area (Å²) in [5.74, 6) is 0.0913. The number of rotatable bonds is 6. The number of nitrogens with one attached hydrogen (secondary N) is 1. The van der Waals surface area contributed by atoms with Gasteiger partial charge in [-0.1, -0.05) is 30.3 Å². The highest BCUT2D eigenvalue weighted by Crippen LogP contribution is 2.26. The minimum absolute atomic E-state index is 0.0363. The van der Waals surface area contributed by atoms with Crippen LogP contribution in [0.5, 0.6) is 5.75 Å². The molecule has 3 aromatic rings. The summed E-state index contributed by atoms with van der Waals surface area (Å²) in [5, 5.41) is 2.75. The maximum atomic E-state index is 13.1. The number of sulfonamides is 1. The predicted octanol–water partition coefficient (Wildman–Crippen LogP) is 4.08. The Bertz CT molecular complexity index is 1140. The van der Waals surface area contributed by atoms with Crippen molar-refractivity contribution in [3.8, 4) is 5.75 Å². The van der Waals surface area contributed by atoms with Crippen LogP contribution in [0.1, 0.15) is 15.9 Å². The highest BCUT2D eigenvalue weighted by Gasteiger charge is 2.22. The van der Waals surface area contributed by atoms with Gasteiger partial charge in [0.15, 0.2) is 0 Å². The molecule has 1 N–H and O–H groups in total. The van der Waals surface area contributed by atoms with E-state index in [1.54, 1.807) is 54.6 Å². The summed E-state index contributed by atoms with van der Waals surface area (Å²) in [6, 6.07) is 20.2. The van der Waals surface area contributed by atoms with E-state index in [0.29, 0.717) is 17.1 Å². The van der Waals surface area contributed by atoms with Crippen LogP contribution in [0.25, 0.3) is 0 Å². The number of aryl methyl sites for hydroxylation is 1. The third kappa shape index (κ3) is 4.41. The fraction of sp³-hybridized carbons (Fsp3) is 0.136. The zero-order valence-corrected chi connectivity index (χ0v) is 17.2. The molecule has 0 saturated heterocycles. The number of hydrogen-bond donors (Lipinski definition) is 1. The van der Waals surface area contributed by atoms with Crippen LogP contribution in [0.15, 0.2) is 77.7 Å². The molecule has 6 nitrogen and oxygen atoms in total. The molecule has 0 radical (unpaired) electrons. The van der Waals surface area contributed by atoms with E-state index in [1.165, 1.54) is 30.6 Å². The molecular formula is C22H22N2O4S. The second kappa shape index (κ2) is 8.36. The Morgan fingerprint density at radius 3 is 2.41 bits per heavy atom. The van der Waals surface area contributed by atoms with Gasteiger partial charge in [0.2, 0.25) is 0 Å². The molecule has 3 rings (SSSR count). The standard InChI is InChI=1S/C22H22N2O4S/c1-16-8-6-10-18(14-16)24(2)29(26,27)19-11-7-9-17(15-19)22(25)23-20-12-4-5-13-21(20)28-3/h4-15H,1-3H3,(H,23,25). The molecule has 29 heavy (non-hydrogen) atoms. The van der Waals surface area contributed by atoms with Gasteiger partial charge in [0.05, 0.1) is 23.4 Å². The predicted molar refractivity (Wildman–Crippen MR) is 114 cm³/mol. The fourth-order valence-corrected chi connectivity index (χ4v) is 4.09. The summed E-state index contributed by atoms with van der Waals surface area (Å²) in [5.41, 5.74) is 2.24. The Hall–Kier alpha value is -3.32. The molecule has 0 aromatic heterocycles. The second-order valence-electron chi connectivity index (χ2n) is 6.49. The molecule has 0 bridgehead atoms. The third-order valence-corrected chi connectivity index (χ3v) is 6.26. The zero-order chi connectivity index (χ0) is 21.0. The molecule has 0 atom stereocenters. The Morgan fingerprint density at radius 2 is 1.69 bits per heavy atom. The van der Waals surface area contributed by atoms with Crippen molar-refractivity contribution in [2.45, 2.75) is 11.8 Å². The highest BCUT2D eigenvalue weighted by atomic mass is 32.2. The number of ether oxygens (including phenoxy) is 1. The fourth-order valence-electron chi connectivity index (χ4n) is 2.86. The first-order chi connectivity index (χ1) is 13.8. The molecule has 0 saturated carbocycles. The normalized spacial score (nSPS) is 11.0. The number of carbonyl (C=O) groups is 1. The quantitative estimate of drug-likeness (QED) is 0.664. The van der Waals surface area contributed by atoms with Gasteiger partial charge in [-0.05, 0) is 55.0 Å². The van der Waals surface area contributed by atoms with E-state index in [9.17, 15) is 13.2 Å². The highest BCUT2D eigenvalue weighted by molar-refractivity contribution is 7.92. The number of anilines is 2. The summed E-state index contributed by atoms with van der Waals surface area (Å²) in [7, 11) is -0.817. The lowest BCUT2D eigenvalue weighted by atomic mass is 10.2. The topological polar surface area (TPSA) is 75.7 Å². The van der Waals surface area contributed by atoms with Crippen molar-refractivity contribution in [3.63, 3.8) is 0 Å². The average Bonchev–Trinajstić information content (AvgIpc) is 2.73. The van der Waals surface area contributed by atoms with Crippen LogP contribution in [0.4, 0.5) is 11.4 Å². The zero-order valence-electron chi connectivity index (χ0n) is 16.4. The monoisotopic (exact) mass is 410 g/mol. The second-order valence-corrected chi connectivity index (χ2v) is 8.46. The molecule has 0 aliphatic heterocycles. The molecule has 3 aromatic carbocycles. The third-order valence-electron chi connectivity index (χ3n) is 4.48. The first-order valence-corrected chi connectivity index (χ1v) is 10.4. The van der Waals surface area contributed by atoms with Crippen LogP contribution in [-0.4, -0.2) is 28.5 Å². The molecule has 7 heteroatoms. The number of para-hydroxylation sites is 2. The van der Waals surface area contributed by atoms with Gasteiger partial charge in [-0.3, -0.25) is 9.10 Å². The Morgan fingerprint density at radius 1 is 0.966 bits per heavy atom. The summed E-state index contributed by atoms with van der Waals surface area (Å²) < 4.78 is 32.5. The van der Waals surface area contributed by atoms with Gasteiger partial charge in [-0.2, -0.15) is 0 Å². The van der Waals surface area contributed by atoms with Crippen molar-refractivity contribution in [2.24, 2.45) is 0 Å². The Kier molecular flexibility index (Phi) is 5.89. The summed E-state index contributed by atoms with van der Waals surface area (Å²) in [6.45, 7) is 1.90. The van der Waals surface area contributed by atoms with E-state index in [4.69, 9.17) is 4.74 Å². The molecule has 150 valence electrons. The minimum atomic E-state index is -3.82. The number of methoxy groups -OCH3 is 1. The number of carbonyl (C=O) groups excluding carboxylic acids is 1. The van der Waals surface area contributed by atoms with E-state index in [-0.39, 0.29) is 10.5 Å². The molecule has 1 amide bonds. The van der Waals surface area contributed by atoms with Gasteiger partial charge >= 0.3 is 0 Å². The molecule has 0 unspecified atom stereocenters. The minimum Gasteiger partial charge on any atom is -0.495 e. The maximum Gasteiger partial charge on any atom is 0.264 e. The largest absolute Gasteiger partial charge is 0.495 e. The van der Waals surface area contributed by atoms with E-state index >= 15 is 0 Å². The SMILES string of the molecule is COc1ccccc1NC(=O)c1cccc(S(=O)(=O)N(C)c2cccc(C)c2)c1. The Labute approximate surface area is 170 Å². The van der Waals surface area contributed by atoms with E-state index < -0.39 is 15.9 Å². The number of hydrogen-bond acceptors (Lipinski definition) is 4. The van der Waals surface area contributed by atoms with Crippen molar-refractivity contribution >= 4 is 27.3 Å². The van der Waals surface area contributed by atoms with Crippen LogP contribution < -0.4 is 14.4 Å². The van der Waals surface area contributed by atoms with Crippen LogP contribution in [-0.2, 0) is 10.0 Å². The Balaban J connectivity index is 1.89. The molecular weight excluding hydrogens is 388 g/mol. The lowest BCUT2D eigenvalue weighted by Crippen LogP contribution is -2.27. The molecule has 0 aliphatic rings. The van der Waals surface area contributed by atoms with E-state index in [2.05, 4.69) is 5.32 Å². The van der Waals surface area contributed by atoms with Crippen molar-refractivity contribution in [1.29, 1.82) is 0 Å². The number of benzene rings is 3. The van der Waals surface area contributed by atoms with Gasteiger partial charge in [0.25, 0.3) is 15.9 Å². The van der Waals surface area contributed by atoms with Gasteiger partial charge in [-0.15, -0.1) is 0 Å². The average molecular weight is 410 g/mol. The smallest absolute Gasteiger partial charge is 0.264 e. The first kappa shape index (κ1) is 20.4. The van der Waals surface area contributed by atoms with Gasteiger partial charge in [0.1, 0.15) is 5.75 Å². The van der Waals surface area contributed by atoms with Crippen LogP contribution in [0.2, 0.25) is 0 Å². The van der Waals surface area contributed by atoms with Crippen LogP contribution >= 0.6 is 0 Å². The number of nitrogens with zero attached hydrogens (tertiary/aromatic N) is 1. The van der Waals surface area contributed by atoms with Crippen LogP contribution in [0, 0.1) is 6.92 Å². The number of amides is 1. The first-order valence-electron chi connectivity index (χ1n) is 8.93. The van der Waals surface area contributed by atoms with Gasteiger partial charge in [-0.25, -0.2) is 8.42 Å².